The highest BCUT2D eigenvalue weighted by Crippen LogP contribution is 2.10. The smallest absolute Gasteiger partial charge is 0.411 e. The van der Waals surface area contributed by atoms with Gasteiger partial charge in [-0.1, -0.05) is 42.5 Å². The van der Waals surface area contributed by atoms with E-state index in [9.17, 15) is 14.7 Å². The number of carbonyl (C=O) groups excluding carboxylic acids is 1. The standard InChI is InChI=1S/C16H19NO4/c1-3-8-14(15(18)19)17(11-4-2)16(20)21-12-13-9-6-5-7-10-13/h3-7,9-10,14H,1-2,8,11-12H2,(H,18,19). The van der Waals surface area contributed by atoms with Gasteiger partial charge in [-0.15, -0.1) is 13.2 Å². The van der Waals surface area contributed by atoms with Gasteiger partial charge in [0.15, 0.2) is 0 Å². The van der Waals surface area contributed by atoms with E-state index in [0.29, 0.717) is 0 Å². The molecule has 21 heavy (non-hydrogen) atoms. The minimum absolute atomic E-state index is 0.0910. The quantitative estimate of drug-likeness (QED) is 0.747. The van der Waals surface area contributed by atoms with Gasteiger partial charge in [0.1, 0.15) is 12.6 Å². The Morgan fingerprint density at radius 2 is 1.90 bits per heavy atom. The molecule has 0 bridgehead atoms. The van der Waals surface area contributed by atoms with Crippen LogP contribution in [0.4, 0.5) is 4.79 Å². The largest absolute Gasteiger partial charge is 0.480 e. The van der Waals surface area contributed by atoms with Gasteiger partial charge in [0.05, 0.1) is 0 Å². The van der Waals surface area contributed by atoms with Gasteiger partial charge in [-0.2, -0.15) is 0 Å². The number of amides is 1. The summed E-state index contributed by atoms with van der Waals surface area (Å²) in [5, 5.41) is 9.20. The molecule has 1 aromatic rings. The maximum absolute atomic E-state index is 12.1. The van der Waals surface area contributed by atoms with Crippen molar-refractivity contribution in [1.29, 1.82) is 0 Å². The first-order chi connectivity index (χ1) is 10.1. The summed E-state index contributed by atoms with van der Waals surface area (Å²) in [5.74, 6) is -1.10. The Kier molecular flexibility index (Phi) is 6.74. The van der Waals surface area contributed by atoms with Crippen LogP contribution in [0.25, 0.3) is 0 Å². The van der Waals surface area contributed by atoms with Gasteiger partial charge in [0.25, 0.3) is 0 Å². The molecule has 0 aliphatic heterocycles. The number of hydrogen-bond acceptors (Lipinski definition) is 3. The Labute approximate surface area is 124 Å². The molecule has 5 heteroatoms. The molecule has 0 fully saturated rings. The molecule has 1 atom stereocenters. The Balaban J connectivity index is 2.74. The van der Waals surface area contributed by atoms with Crippen LogP contribution >= 0.6 is 0 Å². The Bertz CT molecular complexity index is 498. The summed E-state index contributed by atoms with van der Waals surface area (Å²) in [6.07, 6.45) is 2.37. The molecular weight excluding hydrogens is 270 g/mol. The summed E-state index contributed by atoms with van der Waals surface area (Å²) in [4.78, 5) is 24.5. The van der Waals surface area contributed by atoms with E-state index in [0.717, 1.165) is 10.5 Å². The predicted octanol–water partition coefficient (Wildman–Crippen LogP) is 2.84. The average molecular weight is 289 g/mol. The van der Waals surface area contributed by atoms with Gasteiger partial charge in [-0.05, 0) is 12.0 Å². The van der Waals surface area contributed by atoms with E-state index in [1.165, 1.54) is 12.2 Å². The fourth-order valence-electron chi connectivity index (χ4n) is 1.79. The maximum atomic E-state index is 12.1. The van der Waals surface area contributed by atoms with Gasteiger partial charge in [-0.25, -0.2) is 9.59 Å². The highest BCUT2D eigenvalue weighted by molar-refractivity contribution is 5.80. The maximum Gasteiger partial charge on any atom is 0.411 e. The van der Waals surface area contributed by atoms with Crippen molar-refractivity contribution in [1.82, 2.24) is 4.90 Å². The molecule has 0 spiro atoms. The van der Waals surface area contributed by atoms with Crippen molar-refractivity contribution in [3.05, 3.63) is 61.2 Å². The molecule has 1 N–H and O–H groups in total. The molecule has 112 valence electrons. The monoisotopic (exact) mass is 289 g/mol. The molecule has 1 unspecified atom stereocenters. The molecular formula is C16H19NO4. The number of carboxylic acid groups (broad SMARTS) is 1. The lowest BCUT2D eigenvalue weighted by Crippen LogP contribution is -2.45. The van der Waals surface area contributed by atoms with Crippen LogP contribution in [0.3, 0.4) is 0 Å². The highest BCUT2D eigenvalue weighted by atomic mass is 16.6. The number of rotatable bonds is 8. The van der Waals surface area contributed by atoms with Gasteiger partial charge in [0, 0.05) is 6.54 Å². The lowest BCUT2D eigenvalue weighted by atomic mass is 10.2. The minimum atomic E-state index is -1.10. The summed E-state index contributed by atoms with van der Waals surface area (Å²) in [5.41, 5.74) is 0.833. The summed E-state index contributed by atoms with van der Waals surface area (Å²) in [6, 6.07) is 8.17. The molecule has 1 aromatic carbocycles. The lowest BCUT2D eigenvalue weighted by Gasteiger charge is -2.26. The van der Waals surface area contributed by atoms with E-state index in [1.54, 1.807) is 0 Å². The molecule has 5 nitrogen and oxygen atoms in total. The lowest BCUT2D eigenvalue weighted by molar-refractivity contribution is -0.142. The number of aliphatic carboxylic acids is 1. The number of hydrogen-bond donors (Lipinski definition) is 1. The third-order valence-electron chi connectivity index (χ3n) is 2.82. The van der Waals surface area contributed by atoms with Crippen molar-refractivity contribution >= 4 is 12.1 Å². The first-order valence-corrected chi connectivity index (χ1v) is 6.52. The molecule has 1 rings (SSSR count). The van der Waals surface area contributed by atoms with Crippen molar-refractivity contribution in [2.75, 3.05) is 6.54 Å². The second-order valence-corrected chi connectivity index (χ2v) is 4.36. The van der Waals surface area contributed by atoms with Crippen molar-refractivity contribution in [2.24, 2.45) is 0 Å². The van der Waals surface area contributed by atoms with Gasteiger partial charge in [0.2, 0.25) is 0 Å². The second kappa shape index (κ2) is 8.58. The molecule has 0 aliphatic carbocycles. The van der Waals surface area contributed by atoms with Crippen LogP contribution in [0.1, 0.15) is 12.0 Å². The molecule has 0 saturated heterocycles. The van der Waals surface area contributed by atoms with Crippen molar-refractivity contribution in [3.8, 4) is 0 Å². The SMILES string of the molecule is C=CCC(C(=O)O)N(CC=C)C(=O)OCc1ccccc1. The fourth-order valence-corrected chi connectivity index (χ4v) is 1.79. The minimum Gasteiger partial charge on any atom is -0.480 e. The molecule has 0 saturated carbocycles. The second-order valence-electron chi connectivity index (χ2n) is 4.36. The van der Waals surface area contributed by atoms with Crippen LogP contribution in [-0.4, -0.2) is 34.7 Å². The molecule has 0 aliphatic rings. The van der Waals surface area contributed by atoms with Crippen molar-refractivity contribution < 1.29 is 19.4 Å². The van der Waals surface area contributed by atoms with Crippen LogP contribution in [0.15, 0.2) is 55.6 Å². The van der Waals surface area contributed by atoms with E-state index >= 15 is 0 Å². The summed E-state index contributed by atoms with van der Waals surface area (Å²) >= 11 is 0. The predicted molar refractivity (Wildman–Crippen MR) is 79.8 cm³/mol. The first-order valence-electron chi connectivity index (χ1n) is 6.52. The number of benzene rings is 1. The topological polar surface area (TPSA) is 66.8 Å². The van der Waals surface area contributed by atoms with Crippen LogP contribution in [0.5, 0.6) is 0 Å². The van der Waals surface area contributed by atoms with Crippen LogP contribution in [0, 0.1) is 0 Å². The third kappa shape index (κ3) is 5.14. The molecule has 0 heterocycles. The third-order valence-corrected chi connectivity index (χ3v) is 2.82. The van der Waals surface area contributed by atoms with E-state index in [4.69, 9.17) is 4.74 Å². The summed E-state index contributed by atoms with van der Waals surface area (Å²) < 4.78 is 5.16. The Hall–Kier alpha value is -2.56. The number of ether oxygens (including phenoxy) is 1. The van der Waals surface area contributed by atoms with Gasteiger partial charge < -0.3 is 9.84 Å². The van der Waals surface area contributed by atoms with E-state index in [2.05, 4.69) is 13.2 Å². The number of carboxylic acids is 1. The average Bonchev–Trinajstić information content (AvgIpc) is 2.49. The molecule has 0 aromatic heterocycles. The van der Waals surface area contributed by atoms with Crippen LogP contribution in [0.2, 0.25) is 0 Å². The fraction of sp³-hybridized carbons (Fsp3) is 0.250. The number of carbonyl (C=O) groups is 2. The van der Waals surface area contributed by atoms with Crippen LogP contribution < -0.4 is 0 Å². The molecule has 0 radical (unpaired) electrons. The molecule has 1 amide bonds. The zero-order valence-corrected chi connectivity index (χ0v) is 11.8. The van der Waals surface area contributed by atoms with Gasteiger partial charge in [-0.3, -0.25) is 4.90 Å². The number of nitrogens with zero attached hydrogens (tertiary/aromatic N) is 1. The van der Waals surface area contributed by atoms with Crippen LogP contribution in [-0.2, 0) is 16.1 Å². The van der Waals surface area contributed by atoms with E-state index < -0.39 is 18.1 Å². The zero-order valence-electron chi connectivity index (χ0n) is 11.8. The zero-order chi connectivity index (χ0) is 15.7. The van der Waals surface area contributed by atoms with E-state index in [1.807, 2.05) is 30.3 Å². The summed E-state index contributed by atoms with van der Waals surface area (Å²) in [6.45, 7) is 7.23. The Morgan fingerprint density at radius 3 is 2.43 bits per heavy atom. The Morgan fingerprint density at radius 1 is 1.24 bits per heavy atom. The first kappa shape index (κ1) is 16.5. The van der Waals surface area contributed by atoms with E-state index in [-0.39, 0.29) is 19.6 Å². The van der Waals surface area contributed by atoms with Crippen molar-refractivity contribution in [2.45, 2.75) is 19.1 Å². The highest BCUT2D eigenvalue weighted by Gasteiger charge is 2.28. The summed E-state index contributed by atoms with van der Waals surface area (Å²) in [7, 11) is 0. The normalized spacial score (nSPS) is 11.2. The van der Waals surface area contributed by atoms with Gasteiger partial charge >= 0.3 is 12.1 Å². The van der Waals surface area contributed by atoms with Crippen molar-refractivity contribution in [3.63, 3.8) is 0 Å².